The number of nitrogens with zero attached hydrogens (tertiary/aromatic N) is 4. The first-order valence-corrected chi connectivity index (χ1v) is 11.7. The molecule has 2 aromatic heterocycles. The molecule has 9 nitrogen and oxygen atoms in total. The number of fused-ring (bicyclic) bond motifs is 1. The lowest BCUT2D eigenvalue weighted by atomic mass is 9.99. The number of anilines is 2. The minimum atomic E-state index is -0.406. The number of hydrogen-bond acceptors (Lipinski definition) is 7. The van der Waals surface area contributed by atoms with Crippen LogP contribution in [0.4, 0.5) is 16.3 Å². The summed E-state index contributed by atoms with van der Waals surface area (Å²) >= 11 is 0. The minimum absolute atomic E-state index is 0.0242. The number of nitrogens with one attached hydrogen (secondary N) is 3. The van der Waals surface area contributed by atoms with Crippen LogP contribution in [0.15, 0.2) is 60.3 Å². The number of imide groups is 1. The van der Waals surface area contributed by atoms with Crippen LogP contribution in [0.5, 0.6) is 0 Å². The molecule has 2 fully saturated rings. The van der Waals surface area contributed by atoms with E-state index in [-0.39, 0.29) is 18.1 Å². The highest BCUT2D eigenvalue weighted by Gasteiger charge is 2.26. The largest absolute Gasteiger partial charge is 0.351 e. The standard InChI is InChI=1S/C26H22FN7O2/c27-19-6-3-5-15(11-19)21-7-2-1-4-16(21)13-28-25-32-23-18(10-17-12-22(35)31-24(17)36)14-29-34(23)26(33-25)30-20-8-9-20/h1-7,10-11,14,20H,8-9,12-13H2,(H,31,35,36)(H2,28,30,32,33)/b17-10+. The van der Waals surface area contributed by atoms with Gasteiger partial charge in [0.15, 0.2) is 5.65 Å². The zero-order chi connectivity index (χ0) is 24.6. The Balaban J connectivity index is 1.34. The van der Waals surface area contributed by atoms with Crippen LogP contribution in [0, 0.1) is 5.82 Å². The van der Waals surface area contributed by atoms with Crippen molar-refractivity contribution in [3.05, 3.63) is 77.2 Å². The van der Waals surface area contributed by atoms with Crippen LogP contribution in [-0.4, -0.2) is 37.4 Å². The number of amides is 2. The summed E-state index contributed by atoms with van der Waals surface area (Å²) in [6, 6.07) is 14.6. The summed E-state index contributed by atoms with van der Waals surface area (Å²) in [5.74, 6) is -0.100. The lowest BCUT2D eigenvalue weighted by Crippen LogP contribution is -2.19. The molecule has 1 aliphatic carbocycles. The van der Waals surface area contributed by atoms with Crippen molar-refractivity contribution in [3.63, 3.8) is 0 Å². The van der Waals surface area contributed by atoms with E-state index >= 15 is 0 Å². The van der Waals surface area contributed by atoms with Crippen LogP contribution in [0.25, 0.3) is 22.9 Å². The molecular weight excluding hydrogens is 461 g/mol. The zero-order valence-corrected chi connectivity index (χ0v) is 19.2. The van der Waals surface area contributed by atoms with E-state index < -0.39 is 5.91 Å². The molecule has 0 bridgehead atoms. The van der Waals surface area contributed by atoms with Crippen LogP contribution < -0.4 is 16.0 Å². The predicted octanol–water partition coefficient (Wildman–Crippen LogP) is 3.55. The van der Waals surface area contributed by atoms with E-state index in [1.807, 2.05) is 30.3 Å². The molecule has 3 N–H and O–H groups in total. The molecule has 3 heterocycles. The van der Waals surface area contributed by atoms with Crippen LogP contribution >= 0.6 is 0 Å². The number of aromatic nitrogens is 4. The maximum Gasteiger partial charge on any atom is 0.254 e. The van der Waals surface area contributed by atoms with Gasteiger partial charge in [-0.1, -0.05) is 36.4 Å². The number of benzene rings is 2. The highest BCUT2D eigenvalue weighted by molar-refractivity contribution is 6.15. The molecule has 0 spiro atoms. The number of carbonyl (C=O) groups is 2. The second-order valence-corrected chi connectivity index (χ2v) is 8.87. The third-order valence-corrected chi connectivity index (χ3v) is 6.12. The average molecular weight is 484 g/mol. The fraction of sp³-hybridized carbons (Fsp3) is 0.192. The molecule has 6 rings (SSSR count). The summed E-state index contributed by atoms with van der Waals surface area (Å²) in [7, 11) is 0. The molecule has 0 unspecified atom stereocenters. The highest BCUT2D eigenvalue weighted by atomic mass is 19.1. The van der Waals surface area contributed by atoms with E-state index in [0.717, 1.165) is 29.5 Å². The van der Waals surface area contributed by atoms with Gasteiger partial charge in [-0.15, -0.1) is 0 Å². The third kappa shape index (κ3) is 4.40. The molecule has 2 amide bonds. The highest BCUT2D eigenvalue weighted by Crippen LogP contribution is 2.28. The predicted molar refractivity (Wildman–Crippen MR) is 132 cm³/mol. The van der Waals surface area contributed by atoms with Gasteiger partial charge < -0.3 is 10.6 Å². The Kier molecular flexibility index (Phi) is 5.40. The van der Waals surface area contributed by atoms with Gasteiger partial charge in [-0.25, -0.2) is 4.39 Å². The van der Waals surface area contributed by atoms with Crippen molar-refractivity contribution >= 4 is 35.4 Å². The van der Waals surface area contributed by atoms with Gasteiger partial charge in [0, 0.05) is 23.7 Å². The van der Waals surface area contributed by atoms with Crippen LogP contribution in [-0.2, 0) is 16.1 Å². The van der Waals surface area contributed by atoms with Crippen molar-refractivity contribution in [2.45, 2.75) is 31.8 Å². The van der Waals surface area contributed by atoms with Crippen molar-refractivity contribution in [1.82, 2.24) is 24.9 Å². The van der Waals surface area contributed by atoms with E-state index in [1.165, 1.54) is 12.1 Å². The lowest BCUT2D eigenvalue weighted by Gasteiger charge is -2.13. The maximum absolute atomic E-state index is 13.8. The number of hydrogen-bond donors (Lipinski definition) is 3. The molecule has 0 radical (unpaired) electrons. The Hall–Kier alpha value is -4.60. The SMILES string of the molecule is O=C1C/C(=C\c2cnn3c(NC4CC4)nc(NCc4ccccc4-c4cccc(F)c4)nc23)C(=O)N1. The Morgan fingerprint density at radius 2 is 1.97 bits per heavy atom. The fourth-order valence-corrected chi connectivity index (χ4v) is 4.17. The van der Waals surface area contributed by atoms with Gasteiger partial charge in [0.25, 0.3) is 5.91 Å². The molecule has 2 aliphatic rings. The summed E-state index contributed by atoms with van der Waals surface area (Å²) in [6.45, 7) is 0.410. The van der Waals surface area contributed by atoms with Crippen molar-refractivity contribution in [2.75, 3.05) is 10.6 Å². The van der Waals surface area contributed by atoms with E-state index in [0.29, 0.717) is 41.3 Å². The Morgan fingerprint density at radius 1 is 1.11 bits per heavy atom. The molecule has 1 saturated carbocycles. The Bertz CT molecular complexity index is 1540. The minimum Gasteiger partial charge on any atom is -0.351 e. The molecule has 180 valence electrons. The summed E-state index contributed by atoms with van der Waals surface area (Å²) in [5.41, 5.74) is 4.14. The van der Waals surface area contributed by atoms with Gasteiger partial charge in [-0.05, 0) is 47.7 Å². The van der Waals surface area contributed by atoms with Crippen LogP contribution in [0.3, 0.4) is 0 Å². The first-order valence-electron chi connectivity index (χ1n) is 11.7. The summed E-state index contributed by atoms with van der Waals surface area (Å²) in [6.07, 6.45) is 5.37. The smallest absolute Gasteiger partial charge is 0.254 e. The first-order chi connectivity index (χ1) is 17.5. The van der Waals surface area contributed by atoms with Crippen molar-refractivity contribution < 1.29 is 14.0 Å². The topological polar surface area (TPSA) is 113 Å². The maximum atomic E-state index is 13.8. The van der Waals surface area contributed by atoms with Crippen LogP contribution in [0.1, 0.15) is 30.4 Å². The molecular formula is C26H22FN7O2. The van der Waals surface area contributed by atoms with E-state index in [4.69, 9.17) is 0 Å². The molecule has 2 aromatic carbocycles. The number of rotatable bonds is 7. The van der Waals surface area contributed by atoms with Gasteiger partial charge in [-0.2, -0.15) is 19.6 Å². The zero-order valence-electron chi connectivity index (χ0n) is 19.2. The molecule has 36 heavy (non-hydrogen) atoms. The Labute approximate surface area is 205 Å². The fourth-order valence-electron chi connectivity index (χ4n) is 4.17. The van der Waals surface area contributed by atoms with Gasteiger partial charge in [0.2, 0.25) is 17.8 Å². The van der Waals surface area contributed by atoms with E-state index in [1.54, 1.807) is 22.9 Å². The summed E-state index contributed by atoms with van der Waals surface area (Å²) in [5, 5.41) is 13.4. The lowest BCUT2D eigenvalue weighted by molar-refractivity contribution is -0.124. The summed E-state index contributed by atoms with van der Waals surface area (Å²) in [4.78, 5) is 33.0. The third-order valence-electron chi connectivity index (χ3n) is 6.12. The average Bonchev–Trinajstić information content (AvgIpc) is 3.51. The van der Waals surface area contributed by atoms with Gasteiger partial charge in [0.05, 0.1) is 12.6 Å². The molecule has 10 heteroatoms. The second kappa shape index (κ2) is 8.88. The van der Waals surface area contributed by atoms with Crippen molar-refractivity contribution in [1.29, 1.82) is 0 Å². The van der Waals surface area contributed by atoms with Crippen molar-refractivity contribution in [2.24, 2.45) is 0 Å². The molecule has 0 atom stereocenters. The Morgan fingerprint density at radius 3 is 2.75 bits per heavy atom. The quantitative estimate of drug-likeness (QED) is 0.272. The monoisotopic (exact) mass is 483 g/mol. The molecule has 4 aromatic rings. The normalized spacial score (nSPS) is 16.5. The van der Waals surface area contributed by atoms with E-state index in [9.17, 15) is 14.0 Å². The van der Waals surface area contributed by atoms with E-state index in [2.05, 4.69) is 31.0 Å². The number of halogens is 1. The van der Waals surface area contributed by atoms with Gasteiger partial charge in [0.1, 0.15) is 5.82 Å². The molecule has 1 aliphatic heterocycles. The summed E-state index contributed by atoms with van der Waals surface area (Å²) < 4.78 is 15.4. The second-order valence-electron chi connectivity index (χ2n) is 8.87. The van der Waals surface area contributed by atoms with Gasteiger partial charge in [-0.3, -0.25) is 14.9 Å². The van der Waals surface area contributed by atoms with Gasteiger partial charge >= 0.3 is 0 Å². The number of carbonyl (C=O) groups excluding carboxylic acids is 2. The van der Waals surface area contributed by atoms with Crippen molar-refractivity contribution in [3.8, 4) is 11.1 Å². The first kappa shape index (κ1) is 21.9. The van der Waals surface area contributed by atoms with Crippen LogP contribution in [0.2, 0.25) is 0 Å². The molecule has 1 saturated heterocycles.